The van der Waals surface area contributed by atoms with Crippen molar-refractivity contribution in [1.29, 1.82) is 0 Å². The first-order valence-electron chi connectivity index (χ1n) is 11.0. The molecule has 1 fully saturated rings. The van der Waals surface area contributed by atoms with Gasteiger partial charge in [0.05, 0.1) is 4.90 Å². The lowest BCUT2D eigenvalue weighted by molar-refractivity contribution is 0.0981. The molecule has 5 nitrogen and oxygen atoms in total. The summed E-state index contributed by atoms with van der Waals surface area (Å²) < 4.78 is 29.0. The van der Waals surface area contributed by atoms with Gasteiger partial charge in [0.25, 0.3) is 5.91 Å². The maximum absolute atomic E-state index is 13.0. The third kappa shape index (κ3) is 4.44. The van der Waals surface area contributed by atoms with Crippen molar-refractivity contribution in [2.75, 3.05) is 4.90 Å². The molecule has 1 N–H and O–H groups in total. The van der Waals surface area contributed by atoms with Gasteiger partial charge in [0.2, 0.25) is 10.0 Å². The molecule has 0 saturated heterocycles. The topological polar surface area (TPSA) is 66.5 Å². The molecule has 1 aliphatic carbocycles. The van der Waals surface area contributed by atoms with E-state index in [-0.39, 0.29) is 18.0 Å². The highest BCUT2D eigenvalue weighted by molar-refractivity contribution is 7.89. The Balaban J connectivity index is 1.55. The van der Waals surface area contributed by atoms with Crippen LogP contribution in [0.3, 0.4) is 0 Å². The van der Waals surface area contributed by atoms with Crippen LogP contribution in [0.5, 0.6) is 0 Å². The predicted octanol–water partition coefficient (Wildman–Crippen LogP) is 4.67. The Morgan fingerprint density at radius 3 is 2.33 bits per heavy atom. The minimum absolute atomic E-state index is 0.00998. The number of nitrogens with one attached hydrogen (secondary N) is 1. The van der Waals surface area contributed by atoms with Crippen molar-refractivity contribution in [3.63, 3.8) is 0 Å². The summed E-state index contributed by atoms with van der Waals surface area (Å²) >= 11 is 0. The maximum atomic E-state index is 13.0. The van der Waals surface area contributed by atoms with Gasteiger partial charge >= 0.3 is 0 Å². The summed E-state index contributed by atoms with van der Waals surface area (Å²) in [6.07, 6.45) is 8.22. The third-order valence-electron chi connectivity index (χ3n) is 6.24. The number of carbonyl (C=O) groups is 1. The van der Waals surface area contributed by atoms with Gasteiger partial charge in [-0.2, -0.15) is 0 Å². The van der Waals surface area contributed by atoms with E-state index in [1.54, 1.807) is 23.1 Å². The summed E-state index contributed by atoms with van der Waals surface area (Å²) in [5.74, 6) is -0.0508. The smallest absolute Gasteiger partial charge is 0.258 e. The third-order valence-corrected chi connectivity index (χ3v) is 7.76. The molecule has 0 unspecified atom stereocenters. The number of fused-ring (bicyclic) bond motifs is 1. The fourth-order valence-electron chi connectivity index (χ4n) is 4.67. The van der Waals surface area contributed by atoms with Crippen LogP contribution in [0.25, 0.3) is 0 Å². The van der Waals surface area contributed by atoms with Crippen molar-refractivity contribution in [1.82, 2.24) is 4.72 Å². The number of amides is 1. The van der Waals surface area contributed by atoms with E-state index in [2.05, 4.69) is 4.72 Å². The Kier molecular flexibility index (Phi) is 6.25. The Labute approximate surface area is 179 Å². The SMILES string of the molecule is C[C@H]1Cc2cc(S(=O)(=O)NC3CCCCCCC3)ccc2N1C(=O)c1ccccc1. The van der Waals surface area contributed by atoms with Gasteiger partial charge in [0, 0.05) is 23.3 Å². The normalized spacial score (nSPS) is 20.4. The van der Waals surface area contributed by atoms with Crippen LogP contribution in [-0.4, -0.2) is 26.4 Å². The van der Waals surface area contributed by atoms with Crippen LogP contribution in [0.4, 0.5) is 5.69 Å². The average Bonchev–Trinajstić information content (AvgIpc) is 3.05. The van der Waals surface area contributed by atoms with E-state index in [0.29, 0.717) is 16.9 Å². The van der Waals surface area contributed by atoms with E-state index >= 15 is 0 Å². The molecule has 1 heterocycles. The molecule has 30 heavy (non-hydrogen) atoms. The fourth-order valence-corrected chi connectivity index (χ4v) is 6.02. The second-order valence-corrected chi connectivity index (χ2v) is 10.3. The molecular formula is C24H30N2O3S. The number of carbonyl (C=O) groups excluding carboxylic acids is 1. The number of anilines is 1. The summed E-state index contributed by atoms with van der Waals surface area (Å²) in [5.41, 5.74) is 2.36. The lowest BCUT2D eigenvalue weighted by Crippen LogP contribution is -2.35. The molecule has 2 aromatic rings. The molecule has 6 heteroatoms. The molecule has 4 rings (SSSR count). The highest BCUT2D eigenvalue weighted by atomic mass is 32.2. The first-order chi connectivity index (χ1) is 14.5. The van der Waals surface area contributed by atoms with Gasteiger partial charge in [-0.25, -0.2) is 13.1 Å². The van der Waals surface area contributed by atoms with Crippen LogP contribution in [0.2, 0.25) is 0 Å². The number of hydrogen-bond donors (Lipinski definition) is 1. The Bertz CT molecular complexity index is 996. The lowest BCUT2D eigenvalue weighted by atomic mass is 9.97. The Morgan fingerprint density at radius 2 is 1.63 bits per heavy atom. The highest BCUT2D eigenvalue weighted by Crippen LogP contribution is 2.35. The largest absolute Gasteiger partial charge is 0.305 e. The molecule has 1 atom stereocenters. The quantitative estimate of drug-likeness (QED) is 0.773. The van der Waals surface area contributed by atoms with Crippen molar-refractivity contribution < 1.29 is 13.2 Å². The molecule has 0 radical (unpaired) electrons. The van der Waals surface area contributed by atoms with E-state index in [1.807, 2.05) is 37.3 Å². The molecule has 0 bridgehead atoms. The highest BCUT2D eigenvalue weighted by Gasteiger charge is 2.33. The zero-order valence-electron chi connectivity index (χ0n) is 17.5. The van der Waals surface area contributed by atoms with Gasteiger partial charge in [-0.3, -0.25) is 4.79 Å². The minimum Gasteiger partial charge on any atom is -0.305 e. The Morgan fingerprint density at radius 1 is 0.967 bits per heavy atom. The van der Waals surface area contributed by atoms with Gasteiger partial charge in [0.15, 0.2) is 0 Å². The first kappa shape index (κ1) is 21.1. The van der Waals surface area contributed by atoms with Crippen LogP contribution >= 0.6 is 0 Å². The molecule has 1 aliphatic heterocycles. The second-order valence-electron chi connectivity index (χ2n) is 8.55. The van der Waals surface area contributed by atoms with Crippen LogP contribution in [0.15, 0.2) is 53.4 Å². The monoisotopic (exact) mass is 426 g/mol. The van der Waals surface area contributed by atoms with Crippen molar-refractivity contribution in [2.45, 2.75) is 75.3 Å². The zero-order valence-corrected chi connectivity index (χ0v) is 18.3. The molecule has 1 saturated carbocycles. The molecule has 1 amide bonds. The number of rotatable bonds is 4. The van der Waals surface area contributed by atoms with Gasteiger partial charge in [-0.1, -0.05) is 50.3 Å². The maximum Gasteiger partial charge on any atom is 0.258 e. The predicted molar refractivity (Wildman–Crippen MR) is 119 cm³/mol. The van der Waals surface area contributed by atoms with Crippen LogP contribution in [-0.2, 0) is 16.4 Å². The second kappa shape index (κ2) is 8.90. The van der Waals surface area contributed by atoms with Crippen molar-refractivity contribution in [3.8, 4) is 0 Å². The number of benzene rings is 2. The molecule has 2 aliphatic rings. The van der Waals surface area contributed by atoms with Crippen LogP contribution in [0.1, 0.15) is 67.8 Å². The fraction of sp³-hybridized carbons (Fsp3) is 0.458. The molecular weight excluding hydrogens is 396 g/mol. The van der Waals surface area contributed by atoms with Crippen molar-refractivity contribution >= 4 is 21.6 Å². The summed E-state index contributed by atoms with van der Waals surface area (Å²) in [4.78, 5) is 15.1. The number of nitrogens with zero attached hydrogens (tertiary/aromatic N) is 1. The van der Waals surface area contributed by atoms with Gasteiger partial charge in [0.1, 0.15) is 0 Å². The van der Waals surface area contributed by atoms with Crippen LogP contribution < -0.4 is 9.62 Å². The molecule has 0 spiro atoms. The van der Waals surface area contributed by atoms with Crippen LogP contribution in [0, 0.1) is 0 Å². The molecule has 2 aromatic carbocycles. The van der Waals surface area contributed by atoms with E-state index in [1.165, 1.54) is 19.3 Å². The summed E-state index contributed by atoms with van der Waals surface area (Å²) in [6.45, 7) is 2.00. The van der Waals surface area contributed by atoms with E-state index in [9.17, 15) is 13.2 Å². The first-order valence-corrected chi connectivity index (χ1v) is 12.5. The standard InChI is InChI=1S/C24H30N2O3S/c1-18-16-20-17-22(30(28,29)25-21-12-8-3-2-4-9-13-21)14-15-23(20)26(18)24(27)19-10-6-5-7-11-19/h5-7,10-11,14-15,17-18,21,25H,2-4,8-9,12-13,16H2,1H3/t18-/m0/s1. The summed E-state index contributed by atoms with van der Waals surface area (Å²) in [7, 11) is -3.57. The Hall–Kier alpha value is -2.18. The molecule has 160 valence electrons. The van der Waals surface area contributed by atoms with Gasteiger partial charge in [-0.05, 0) is 62.1 Å². The zero-order chi connectivity index (χ0) is 21.1. The lowest BCUT2D eigenvalue weighted by Gasteiger charge is -2.23. The summed E-state index contributed by atoms with van der Waals surface area (Å²) in [5, 5.41) is 0. The minimum atomic E-state index is -3.57. The molecule has 0 aromatic heterocycles. The number of sulfonamides is 1. The summed E-state index contributed by atoms with van der Waals surface area (Å²) in [6, 6.07) is 14.4. The van der Waals surface area contributed by atoms with E-state index < -0.39 is 10.0 Å². The van der Waals surface area contributed by atoms with Gasteiger partial charge in [-0.15, -0.1) is 0 Å². The van der Waals surface area contributed by atoms with E-state index in [0.717, 1.165) is 36.9 Å². The van der Waals surface area contributed by atoms with Crippen molar-refractivity contribution in [2.24, 2.45) is 0 Å². The van der Waals surface area contributed by atoms with Crippen molar-refractivity contribution in [3.05, 3.63) is 59.7 Å². The van der Waals surface area contributed by atoms with Gasteiger partial charge < -0.3 is 4.90 Å². The number of hydrogen-bond acceptors (Lipinski definition) is 3. The average molecular weight is 427 g/mol. The van der Waals surface area contributed by atoms with E-state index in [4.69, 9.17) is 0 Å².